The van der Waals surface area contributed by atoms with Gasteiger partial charge in [-0.25, -0.2) is 0 Å². The van der Waals surface area contributed by atoms with Crippen LogP contribution >= 0.6 is 11.6 Å². The van der Waals surface area contributed by atoms with E-state index in [2.05, 4.69) is 31.0 Å². The molecule has 0 fully saturated rings. The monoisotopic (exact) mass is 287 g/mol. The van der Waals surface area contributed by atoms with Crippen molar-refractivity contribution in [1.29, 1.82) is 0 Å². The number of hydrogen-bond acceptors (Lipinski definition) is 2. The largest absolute Gasteiger partial charge is 0.489 e. The summed E-state index contributed by atoms with van der Waals surface area (Å²) < 4.78 is 5.64. The average molecular weight is 288 g/mol. The fraction of sp³-hybridized carbons (Fsp3) is 0.176. The average Bonchev–Trinajstić information content (AvgIpc) is 2.45. The Kier molecular flexibility index (Phi) is 5.08. The van der Waals surface area contributed by atoms with E-state index in [1.165, 1.54) is 5.56 Å². The fourth-order valence-electron chi connectivity index (χ4n) is 1.94. The highest BCUT2D eigenvalue weighted by atomic mass is 35.5. The van der Waals surface area contributed by atoms with Gasteiger partial charge < -0.3 is 10.1 Å². The van der Waals surface area contributed by atoms with E-state index in [0.717, 1.165) is 17.0 Å². The molecule has 0 aliphatic rings. The Labute approximate surface area is 125 Å². The van der Waals surface area contributed by atoms with Crippen LogP contribution in [0.2, 0.25) is 5.02 Å². The number of aryl methyl sites for hydroxylation is 1. The molecule has 0 saturated heterocycles. The molecular weight excluding hydrogens is 270 g/mol. The third-order valence-corrected chi connectivity index (χ3v) is 3.23. The fourth-order valence-corrected chi connectivity index (χ4v) is 2.13. The van der Waals surface area contributed by atoms with E-state index in [-0.39, 0.29) is 0 Å². The van der Waals surface area contributed by atoms with Crippen molar-refractivity contribution < 1.29 is 4.74 Å². The summed E-state index contributed by atoms with van der Waals surface area (Å²) in [4.78, 5) is 0. The van der Waals surface area contributed by atoms with E-state index in [1.54, 1.807) is 6.08 Å². The van der Waals surface area contributed by atoms with Crippen molar-refractivity contribution in [2.75, 3.05) is 11.9 Å². The summed E-state index contributed by atoms with van der Waals surface area (Å²) in [6, 6.07) is 13.8. The summed E-state index contributed by atoms with van der Waals surface area (Å²) in [6.45, 7) is 6.89. The molecule has 2 aromatic carbocycles. The lowest BCUT2D eigenvalue weighted by Gasteiger charge is -2.13. The number of para-hydroxylation sites is 1. The second kappa shape index (κ2) is 7.01. The number of nitrogens with one attached hydrogen (secondary N) is 1. The summed E-state index contributed by atoms with van der Waals surface area (Å²) >= 11 is 6.06. The normalized spacial score (nSPS) is 10.1. The zero-order chi connectivity index (χ0) is 14.4. The van der Waals surface area contributed by atoms with Gasteiger partial charge >= 0.3 is 0 Å². The molecule has 0 heterocycles. The van der Waals surface area contributed by atoms with Gasteiger partial charge in [-0.15, -0.1) is 0 Å². The molecule has 104 valence electrons. The van der Waals surface area contributed by atoms with Crippen molar-refractivity contribution in [1.82, 2.24) is 0 Å². The van der Waals surface area contributed by atoms with Crippen LogP contribution in [-0.2, 0) is 6.54 Å². The molecule has 0 bridgehead atoms. The van der Waals surface area contributed by atoms with Crippen LogP contribution in [0.1, 0.15) is 11.1 Å². The van der Waals surface area contributed by atoms with Crippen LogP contribution in [0.15, 0.2) is 55.1 Å². The Hall–Kier alpha value is -1.93. The first-order chi connectivity index (χ1) is 9.70. The number of halogens is 1. The van der Waals surface area contributed by atoms with Crippen LogP contribution in [0.3, 0.4) is 0 Å². The predicted octanol–water partition coefficient (Wildman–Crippen LogP) is 4.83. The first kappa shape index (κ1) is 14.5. The van der Waals surface area contributed by atoms with Gasteiger partial charge in [0.25, 0.3) is 0 Å². The summed E-state index contributed by atoms with van der Waals surface area (Å²) in [5.74, 6) is 0.829. The zero-order valence-corrected chi connectivity index (χ0v) is 12.3. The predicted molar refractivity (Wildman–Crippen MR) is 85.6 cm³/mol. The molecule has 0 saturated carbocycles. The lowest BCUT2D eigenvalue weighted by atomic mass is 10.1. The topological polar surface area (TPSA) is 21.3 Å². The molecule has 0 spiro atoms. The first-order valence-corrected chi connectivity index (χ1v) is 6.90. The Morgan fingerprint density at radius 3 is 2.80 bits per heavy atom. The molecule has 0 radical (unpaired) electrons. The van der Waals surface area contributed by atoms with Crippen LogP contribution < -0.4 is 10.1 Å². The zero-order valence-electron chi connectivity index (χ0n) is 11.5. The first-order valence-electron chi connectivity index (χ1n) is 6.52. The smallest absolute Gasteiger partial charge is 0.124 e. The van der Waals surface area contributed by atoms with Gasteiger partial charge in [0.1, 0.15) is 12.4 Å². The second-order valence-corrected chi connectivity index (χ2v) is 4.96. The SMILES string of the molecule is C=CCOc1ccc(Cl)cc1CNc1ccccc1C. The third-order valence-electron chi connectivity index (χ3n) is 2.99. The molecule has 1 N–H and O–H groups in total. The number of rotatable bonds is 6. The highest BCUT2D eigenvalue weighted by Gasteiger charge is 2.05. The Bertz CT molecular complexity index is 595. The minimum atomic E-state index is 0.485. The number of benzene rings is 2. The molecule has 0 aromatic heterocycles. The van der Waals surface area contributed by atoms with Crippen molar-refractivity contribution in [3.8, 4) is 5.75 Å². The summed E-state index contributed by atoms with van der Waals surface area (Å²) in [6.07, 6.45) is 1.73. The number of hydrogen-bond donors (Lipinski definition) is 1. The number of anilines is 1. The highest BCUT2D eigenvalue weighted by molar-refractivity contribution is 6.30. The van der Waals surface area contributed by atoms with E-state index < -0.39 is 0 Å². The van der Waals surface area contributed by atoms with Gasteiger partial charge in [0.15, 0.2) is 0 Å². The maximum absolute atomic E-state index is 6.06. The van der Waals surface area contributed by atoms with Crippen molar-refractivity contribution in [3.05, 3.63) is 71.3 Å². The van der Waals surface area contributed by atoms with E-state index >= 15 is 0 Å². The molecule has 3 heteroatoms. The lowest BCUT2D eigenvalue weighted by molar-refractivity contribution is 0.359. The van der Waals surface area contributed by atoms with Gasteiger partial charge in [-0.1, -0.05) is 42.5 Å². The van der Waals surface area contributed by atoms with Crippen molar-refractivity contribution >= 4 is 17.3 Å². The van der Waals surface area contributed by atoms with Crippen LogP contribution in [0.25, 0.3) is 0 Å². The molecule has 0 amide bonds. The molecule has 0 aliphatic heterocycles. The van der Waals surface area contributed by atoms with Crippen LogP contribution in [-0.4, -0.2) is 6.61 Å². The summed E-state index contributed by atoms with van der Waals surface area (Å²) in [5, 5.41) is 4.11. The van der Waals surface area contributed by atoms with Crippen molar-refractivity contribution in [3.63, 3.8) is 0 Å². The molecule has 2 rings (SSSR count). The second-order valence-electron chi connectivity index (χ2n) is 4.52. The van der Waals surface area contributed by atoms with Crippen molar-refractivity contribution in [2.24, 2.45) is 0 Å². The Morgan fingerprint density at radius 1 is 1.25 bits per heavy atom. The van der Waals surface area contributed by atoms with Gasteiger partial charge in [0.2, 0.25) is 0 Å². The van der Waals surface area contributed by atoms with Crippen LogP contribution in [0.4, 0.5) is 5.69 Å². The molecule has 0 unspecified atom stereocenters. The molecule has 2 aromatic rings. The van der Waals surface area contributed by atoms with Crippen LogP contribution in [0.5, 0.6) is 5.75 Å². The van der Waals surface area contributed by atoms with Crippen LogP contribution in [0, 0.1) is 6.92 Å². The van der Waals surface area contributed by atoms with Gasteiger partial charge in [0, 0.05) is 22.8 Å². The molecule has 20 heavy (non-hydrogen) atoms. The molecule has 0 atom stereocenters. The van der Waals surface area contributed by atoms with E-state index in [4.69, 9.17) is 16.3 Å². The minimum absolute atomic E-state index is 0.485. The van der Waals surface area contributed by atoms with Crippen molar-refractivity contribution in [2.45, 2.75) is 13.5 Å². The quantitative estimate of drug-likeness (QED) is 0.769. The summed E-state index contributed by atoms with van der Waals surface area (Å²) in [5.41, 5.74) is 3.35. The van der Waals surface area contributed by atoms with E-state index in [0.29, 0.717) is 18.2 Å². The Morgan fingerprint density at radius 2 is 2.05 bits per heavy atom. The van der Waals surface area contributed by atoms with Gasteiger partial charge in [-0.2, -0.15) is 0 Å². The molecule has 0 aliphatic carbocycles. The van der Waals surface area contributed by atoms with E-state index in [9.17, 15) is 0 Å². The van der Waals surface area contributed by atoms with Gasteiger partial charge in [-0.3, -0.25) is 0 Å². The summed E-state index contributed by atoms with van der Waals surface area (Å²) in [7, 11) is 0. The third kappa shape index (κ3) is 3.78. The lowest BCUT2D eigenvalue weighted by Crippen LogP contribution is -2.04. The maximum Gasteiger partial charge on any atom is 0.124 e. The molecule has 2 nitrogen and oxygen atoms in total. The maximum atomic E-state index is 6.06. The van der Waals surface area contributed by atoms with Gasteiger partial charge in [-0.05, 0) is 36.8 Å². The minimum Gasteiger partial charge on any atom is -0.489 e. The van der Waals surface area contributed by atoms with E-state index in [1.807, 2.05) is 30.3 Å². The highest BCUT2D eigenvalue weighted by Crippen LogP contribution is 2.24. The van der Waals surface area contributed by atoms with Gasteiger partial charge in [0.05, 0.1) is 0 Å². The number of ether oxygens (including phenoxy) is 1. The Balaban J connectivity index is 2.13. The standard InChI is InChI=1S/C17H18ClNO/c1-3-10-20-17-9-8-15(18)11-14(17)12-19-16-7-5-4-6-13(16)2/h3-9,11,19H,1,10,12H2,2H3. The molecular formula is C17H18ClNO.